The number of carbonyl (C=O) groups excluding carboxylic acids is 1. The SMILES string of the molecule is CC(NC(=O)c1ccc(F)cc1I)C1CCCNC1.Cl. The zero-order chi connectivity index (χ0) is 13.8. The van der Waals surface area contributed by atoms with E-state index in [9.17, 15) is 9.18 Å². The minimum Gasteiger partial charge on any atom is -0.349 e. The molecule has 1 amide bonds. The van der Waals surface area contributed by atoms with Gasteiger partial charge in [0.2, 0.25) is 0 Å². The van der Waals surface area contributed by atoms with Crippen molar-refractivity contribution in [2.24, 2.45) is 5.92 Å². The van der Waals surface area contributed by atoms with Crippen LogP contribution >= 0.6 is 35.0 Å². The van der Waals surface area contributed by atoms with Crippen molar-refractivity contribution < 1.29 is 9.18 Å². The van der Waals surface area contributed by atoms with Crippen LogP contribution in [0.4, 0.5) is 4.39 Å². The Labute approximate surface area is 138 Å². The minimum atomic E-state index is -0.314. The molecule has 112 valence electrons. The lowest BCUT2D eigenvalue weighted by molar-refractivity contribution is 0.0921. The van der Waals surface area contributed by atoms with Crippen molar-refractivity contribution in [2.45, 2.75) is 25.8 Å². The van der Waals surface area contributed by atoms with Gasteiger partial charge in [-0.25, -0.2) is 4.39 Å². The van der Waals surface area contributed by atoms with Crippen molar-refractivity contribution in [1.29, 1.82) is 0 Å². The number of nitrogens with one attached hydrogen (secondary N) is 2. The average molecular weight is 413 g/mol. The maximum Gasteiger partial charge on any atom is 0.252 e. The monoisotopic (exact) mass is 412 g/mol. The molecule has 2 N–H and O–H groups in total. The summed E-state index contributed by atoms with van der Waals surface area (Å²) in [6, 6.07) is 4.37. The maximum absolute atomic E-state index is 13.0. The fourth-order valence-corrected chi connectivity index (χ4v) is 3.10. The molecule has 2 atom stereocenters. The summed E-state index contributed by atoms with van der Waals surface area (Å²) in [6.45, 7) is 4.04. The third-order valence-electron chi connectivity index (χ3n) is 3.58. The second-order valence-electron chi connectivity index (χ2n) is 4.99. The number of halogens is 3. The molecule has 2 unspecified atom stereocenters. The van der Waals surface area contributed by atoms with Crippen LogP contribution in [0.25, 0.3) is 0 Å². The molecule has 0 radical (unpaired) electrons. The topological polar surface area (TPSA) is 41.1 Å². The molecule has 0 bridgehead atoms. The molecular formula is C14H19ClFIN2O. The van der Waals surface area contributed by atoms with Crippen molar-refractivity contribution in [2.75, 3.05) is 13.1 Å². The summed E-state index contributed by atoms with van der Waals surface area (Å²) < 4.78 is 13.7. The second-order valence-corrected chi connectivity index (χ2v) is 6.15. The van der Waals surface area contributed by atoms with E-state index in [0.29, 0.717) is 15.1 Å². The summed E-state index contributed by atoms with van der Waals surface area (Å²) in [6.07, 6.45) is 2.29. The molecule has 0 spiro atoms. The lowest BCUT2D eigenvalue weighted by Gasteiger charge is -2.29. The van der Waals surface area contributed by atoms with Gasteiger partial charge in [-0.1, -0.05) is 0 Å². The van der Waals surface area contributed by atoms with Gasteiger partial charge in [-0.05, 0) is 79.6 Å². The largest absolute Gasteiger partial charge is 0.349 e. The average Bonchev–Trinajstić information content (AvgIpc) is 2.39. The van der Waals surface area contributed by atoms with Crippen LogP contribution in [-0.2, 0) is 0 Å². The lowest BCUT2D eigenvalue weighted by Crippen LogP contribution is -2.44. The summed E-state index contributed by atoms with van der Waals surface area (Å²) in [5, 5.41) is 6.37. The molecule has 20 heavy (non-hydrogen) atoms. The van der Waals surface area contributed by atoms with Crippen molar-refractivity contribution in [3.8, 4) is 0 Å². The normalized spacial score (nSPS) is 19.9. The molecule has 1 heterocycles. The Morgan fingerprint density at radius 1 is 1.55 bits per heavy atom. The van der Waals surface area contributed by atoms with Crippen molar-refractivity contribution in [3.63, 3.8) is 0 Å². The van der Waals surface area contributed by atoms with E-state index in [-0.39, 0.29) is 30.2 Å². The van der Waals surface area contributed by atoms with E-state index in [1.165, 1.54) is 18.2 Å². The first-order valence-electron chi connectivity index (χ1n) is 6.54. The van der Waals surface area contributed by atoms with E-state index in [0.717, 1.165) is 25.9 Å². The van der Waals surface area contributed by atoms with Crippen LogP contribution in [0.5, 0.6) is 0 Å². The highest BCUT2D eigenvalue weighted by Crippen LogP contribution is 2.17. The molecular weight excluding hydrogens is 394 g/mol. The fraction of sp³-hybridized carbons (Fsp3) is 0.500. The number of piperidine rings is 1. The number of hydrogen-bond acceptors (Lipinski definition) is 2. The van der Waals surface area contributed by atoms with Crippen LogP contribution in [-0.4, -0.2) is 25.0 Å². The quantitative estimate of drug-likeness (QED) is 0.750. The first-order valence-corrected chi connectivity index (χ1v) is 7.62. The molecule has 1 aromatic carbocycles. The second kappa shape index (κ2) is 8.14. The summed E-state index contributed by atoms with van der Waals surface area (Å²) >= 11 is 1.99. The van der Waals surface area contributed by atoms with Gasteiger partial charge in [0, 0.05) is 9.61 Å². The summed E-state index contributed by atoms with van der Waals surface area (Å²) in [4.78, 5) is 12.2. The smallest absolute Gasteiger partial charge is 0.252 e. The van der Waals surface area contributed by atoms with Crippen LogP contribution in [0, 0.1) is 15.3 Å². The number of benzene rings is 1. The zero-order valence-corrected chi connectivity index (χ0v) is 14.3. The van der Waals surface area contributed by atoms with Crippen molar-refractivity contribution >= 4 is 40.9 Å². The molecule has 0 saturated carbocycles. The van der Waals surface area contributed by atoms with Crippen LogP contribution in [0.2, 0.25) is 0 Å². The first-order chi connectivity index (χ1) is 9.08. The third kappa shape index (κ3) is 4.56. The fourth-order valence-electron chi connectivity index (χ4n) is 2.38. The van der Waals surface area contributed by atoms with Gasteiger partial charge in [-0.2, -0.15) is 0 Å². The molecule has 1 aromatic rings. The predicted molar refractivity (Wildman–Crippen MR) is 88.9 cm³/mol. The van der Waals surface area contributed by atoms with E-state index in [1.807, 2.05) is 29.5 Å². The van der Waals surface area contributed by atoms with E-state index in [4.69, 9.17) is 0 Å². The summed E-state index contributed by atoms with van der Waals surface area (Å²) in [7, 11) is 0. The molecule has 1 aliphatic heterocycles. The van der Waals surface area contributed by atoms with Gasteiger partial charge in [0.15, 0.2) is 0 Å². The van der Waals surface area contributed by atoms with Crippen molar-refractivity contribution in [3.05, 3.63) is 33.1 Å². The Morgan fingerprint density at radius 3 is 2.90 bits per heavy atom. The Morgan fingerprint density at radius 2 is 2.30 bits per heavy atom. The van der Waals surface area contributed by atoms with Crippen LogP contribution in [0.15, 0.2) is 18.2 Å². The van der Waals surface area contributed by atoms with Gasteiger partial charge in [0.05, 0.1) is 5.56 Å². The van der Waals surface area contributed by atoms with Gasteiger partial charge in [0.1, 0.15) is 5.82 Å². The van der Waals surface area contributed by atoms with E-state index >= 15 is 0 Å². The van der Waals surface area contributed by atoms with Gasteiger partial charge in [-0.3, -0.25) is 4.79 Å². The molecule has 1 fully saturated rings. The Balaban J connectivity index is 0.00000200. The number of rotatable bonds is 3. The summed E-state index contributed by atoms with van der Waals surface area (Å²) in [5.74, 6) is 0.0313. The molecule has 0 aliphatic carbocycles. The zero-order valence-electron chi connectivity index (χ0n) is 11.3. The molecule has 6 heteroatoms. The molecule has 3 nitrogen and oxygen atoms in total. The van der Waals surface area contributed by atoms with Crippen LogP contribution < -0.4 is 10.6 Å². The predicted octanol–water partition coefficient (Wildman–Crippen LogP) is 2.97. The van der Waals surface area contributed by atoms with Gasteiger partial charge in [0.25, 0.3) is 5.91 Å². The molecule has 1 saturated heterocycles. The Bertz CT molecular complexity index is 466. The molecule has 0 aromatic heterocycles. The number of carbonyl (C=O) groups is 1. The highest BCUT2D eigenvalue weighted by atomic mass is 127. The van der Waals surface area contributed by atoms with Crippen LogP contribution in [0.1, 0.15) is 30.1 Å². The first kappa shape index (κ1) is 17.7. The third-order valence-corrected chi connectivity index (χ3v) is 4.47. The maximum atomic E-state index is 13.0. The van der Waals surface area contributed by atoms with Gasteiger partial charge < -0.3 is 10.6 Å². The number of hydrogen-bond donors (Lipinski definition) is 2. The molecule has 2 rings (SSSR count). The molecule has 1 aliphatic rings. The Hall–Kier alpha value is -0.400. The van der Waals surface area contributed by atoms with E-state index < -0.39 is 0 Å². The van der Waals surface area contributed by atoms with Crippen molar-refractivity contribution in [1.82, 2.24) is 10.6 Å². The lowest BCUT2D eigenvalue weighted by atomic mass is 9.92. The Kier molecular flexibility index (Phi) is 7.19. The highest BCUT2D eigenvalue weighted by Gasteiger charge is 2.22. The van der Waals surface area contributed by atoms with Crippen LogP contribution in [0.3, 0.4) is 0 Å². The summed E-state index contributed by atoms with van der Waals surface area (Å²) in [5.41, 5.74) is 0.539. The highest BCUT2D eigenvalue weighted by molar-refractivity contribution is 14.1. The van der Waals surface area contributed by atoms with Gasteiger partial charge >= 0.3 is 0 Å². The number of amides is 1. The van der Waals surface area contributed by atoms with Gasteiger partial charge in [-0.15, -0.1) is 12.4 Å². The van der Waals surface area contributed by atoms with E-state index in [2.05, 4.69) is 10.6 Å². The standard InChI is InChI=1S/C14H18FIN2O.ClH/c1-9(10-3-2-6-17-8-10)18-14(19)12-5-4-11(15)7-13(12)16;/h4-5,7,9-10,17H,2-3,6,8H2,1H3,(H,18,19);1H. The van der Waals surface area contributed by atoms with E-state index in [1.54, 1.807) is 0 Å². The minimum absolute atomic E-state index is 0.